The van der Waals surface area contributed by atoms with E-state index >= 15 is 0 Å². The van der Waals surface area contributed by atoms with Crippen molar-refractivity contribution in [1.29, 1.82) is 0 Å². The third-order valence-electron chi connectivity index (χ3n) is 3.23. The van der Waals surface area contributed by atoms with Crippen LogP contribution in [0.4, 0.5) is 5.69 Å². The quantitative estimate of drug-likeness (QED) is 0.784. The third-order valence-corrected chi connectivity index (χ3v) is 3.23. The molecule has 0 aromatic heterocycles. The van der Waals surface area contributed by atoms with Gasteiger partial charge in [0.05, 0.1) is 23.8 Å². The summed E-state index contributed by atoms with van der Waals surface area (Å²) in [6.45, 7) is 4.91. The highest BCUT2D eigenvalue weighted by molar-refractivity contribution is 6.02. The second-order valence-electron chi connectivity index (χ2n) is 4.67. The first-order valence-electron chi connectivity index (χ1n) is 6.68. The summed E-state index contributed by atoms with van der Waals surface area (Å²) in [6.07, 6.45) is 0. The molecule has 1 rings (SSSR count). The molecule has 0 aliphatic heterocycles. The minimum Gasteiger partial charge on any atom is -0.481 e. The Kier molecular flexibility index (Phi) is 5.90. The van der Waals surface area contributed by atoms with Gasteiger partial charge in [0.2, 0.25) is 5.91 Å². The lowest BCUT2D eigenvalue weighted by atomic mass is 9.95. The number of hydrogen-bond donors (Lipinski definition) is 2. The van der Waals surface area contributed by atoms with E-state index in [-0.39, 0.29) is 12.2 Å². The summed E-state index contributed by atoms with van der Waals surface area (Å²) < 4.78 is 4.91. The molecule has 0 radical (unpaired) electrons. The lowest BCUT2D eigenvalue weighted by Crippen LogP contribution is -2.30. The summed E-state index contributed by atoms with van der Waals surface area (Å²) in [6, 6.07) is 6.44. The van der Waals surface area contributed by atoms with Crippen LogP contribution in [-0.2, 0) is 14.3 Å². The van der Waals surface area contributed by atoms with E-state index in [1.54, 1.807) is 31.2 Å². The van der Waals surface area contributed by atoms with Gasteiger partial charge in [-0.05, 0) is 19.1 Å². The summed E-state index contributed by atoms with van der Waals surface area (Å²) in [5.74, 6) is -3.58. The first kappa shape index (κ1) is 16.7. The predicted molar refractivity (Wildman–Crippen MR) is 77.0 cm³/mol. The molecule has 2 N–H and O–H groups in total. The van der Waals surface area contributed by atoms with Crippen molar-refractivity contribution in [3.63, 3.8) is 0 Å². The number of amides is 1. The molecular weight excluding hydrogens is 274 g/mol. The van der Waals surface area contributed by atoms with E-state index in [1.165, 1.54) is 13.8 Å². The standard InChI is InChI=1S/C15H19NO5/c1-4-21-15(20)11-7-5-6-8-12(11)16-13(17)9(2)10(3)14(18)19/h5-10H,4H2,1-3H3,(H,16,17)(H,18,19). The Morgan fingerprint density at radius 2 is 1.81 bits per heavy atom. The second kappa shape index (κ2) is 7.42. The highest BCUT2D eigenvalue weighted by Crippen LogP contribution is 2.19. The van der Waals surface area contributed by atoms with E-state index in [9.17, 15) is 14.4 Å². The Hall–Kier alpha value is -2.37. The molecule has 0 aliphatic carbocycles. The SMILES string of the molecule is CCOC(=O)c1ccccc1NC(=O)C(C)C(C)C(=O)O. The number of carbonyl (C=O) groups is 3. The zero-order chi connectivity index (χ0) is 16.0. The topological polar surface area (TPSA) is 92.7 Å². The number of ether oxygens (including phenoxy) is 1. The van der Waals surface area contributed by atoms with Gasteiger partial charge < -0.3 is 15.2 Å². The molecule has 21 heavy (non-hydrogen) atoms. The van der Waals surface area contributed by atoms with Crippen LogP contribution in [-0.4, -0.2) is 29.6 Å². The number of aliphatic carboxylic acids is 1. The van der Waals surface area contributed by atoms with Crippen molar-refractivity contribution in [2.45, 2.75) is 20.8 Å². The summed E-state index contributed by atoms with van der Waals surface area (Å²) in [5, 5.41) is 11.5. The van der Waals surface area contributed by atoms with Crippen LogP contribution in [0.5, 0.6) is 0 Å². The normalized spacial score (nSPS) is 13.1. The van der Waals surface area contributed by atoms with Crippen molar-refractivity contribution < 1.29 is 24.2 Å². The van der Waals surface area contributed by atoms with Gasteiger partial charge in [-0.2, -0.15) is 0 Å². The maximum Gasteiger partial charge on any atom is 0.340 e. The van der Waals surface area contributed by atoms with Crippen LogP contribution < -0.4 is 5.32 Å². The molecule has 6 heteroatoms. The van der Waals surface area contributed by atoms with Crippen molar-refractivity contribution in [3.05, 3.63) is 29.8 Å². The third kappa shape index (κ3) is 4.30. The van der Waals surface area contributed by atoms with E-state index in [2.05, 4.69) is 5.32 Å². The number of carboxylic acid groups (broad SMARTS) is 1. The number of nitrogens with one attached hydrogen (secondary N) is 1. The van der Waals surface area contributed by atoms with Crippen LogP contribution in [0.1, 0.15) is 31.1 Å². The Bertz CT molecular complexity index is 541. The molecule has 0 heterocycles. The monoisotopic (exact) mass is 293 g/mol. The fourth-order valence-electron chi connectivity index (χ4n) is 1.67. The molecule has 1 aromatic rings. The first-order chi connectivity index (χ1) is 9.88. The van der Waals surface area contributed by atoms with Gasteiger partial charge in [-0.25, -0.2) is 4.79 Å². The van der Waals surface area contributed by atoms with Crippen molar-refractivity contribution in [2.24, 2.45) is 11.8 Å². The number of carbonyl (C=O) groups excluding carboxylic acids is 2. The number of rotatable bonds is 6. The Labute approximate surface area is 123 Å². The predicted octanol–water partition coefficient (Wildman–Crippen LogP) is 2.16. The van der Waals surface area contributed by atoms with E-state index in [0.29, 0.717) is 5.69 Å². The van der Waals surface area contributed by atoms with Gasteiger partial charge in [0.25, 0.3) is 0 Å². The number of benzene rings is 1. The number of carboxylic acids is 1. The van der Waals surface area contributed by atoms with Gasteiger partial charge in [0.15, 0.2) is 0 Å². The maximum absolute atomic E-state index is 12.1. The van der Waals surface area contributed by atoms with Crippen LogP contribution in [0.3, 0.4) is 0 Å². The Morgan fingerprint density at radius 1 is 1.19 bits per heavy atom. The zero-order valence-electron chi connectivity index (χ0n) is 12.3. The van der Waals surface area contributed by atoms with Crippen LogP contribution in [0.25, 0.3) is 0 Å². The summed E-state index contributed by atoms with van der Waals surface area (Å²) in [7, 11) is 0. The molecule has 0 aliphatic rings. The highest BCUT2D eigenvalue weighted by atomic mass is 16.5. The fraction of sp³-hybridized carbons (Fsp3) is 0.400. The highest BCUT2D eigenvalue weighted by Gasteiger charge is 2.26. The fourth-order valence-corrected chi connectivity index (χ4v) is 1.67. The number of anilines is 1. The molecule has 0 spiro atoms. The van der Waals surface area contributed by atoms with Crippen molar-refractivity contribution in [2.75, 3.05) is 11.9 Å². The number of para-hydroxylation sites is 1. The molecule has 1 amide bonds. The van der Waals surface area contributed by atoms with Gasteiger partial charge in [0.1, 0.15) is 0 Å². The Balaban J connectivity index is 2.90. The van der Waals surface area contributed by atoms with Crippen LogP contribution in [0, 0.1) is 11.8 Å². The lowest BCUT2D eigenvalue weighted by Gasteiger charge is -2.17. The summed E-state index contributed by atoms with van der Waals surface area (Å²) in [4.78, 5) is 34.8. The minimum absolute atomic E-state index is 0.230. The van der Waals surface area contributed by atoms with Crippen LogP contribution in [0.2, 0.25) is 0 Å². The van der Waals surface area contributed by atoms with Gasteiger partial charge in [-0.3, -0.25) is 9.59 Å². The lowest BCUT2D eigenvalue weighted by molar-refractivity contribution is -0.145. The molecular formula is C15H19NO5. The average molecular weight is 293 g/mol. The van der Waals surface area contributed by atoms with E-state index in [4.69, 9.17) is 9.84 Å². The summed E-state index contributed by atoms with van der Waals surface area (Å²) in [5.41, 5.74) is 0.549. The molecule has 114 valence electrons. The van der Waals surface area contributed by atoms with Crippen LogP contribution in [0.15, 0.2) is 24.3 Å². The smallest absolute Gasteiger partial charge is 0.340 e. The van der Waals surface area contributed by atoms with E-state index in [0.717, 1.165) is 0 Å². The van der Waals surface area contributed by atoms with Gasteiger partial charge >= 0.3 is 11.9 Å². The van der Waals surface area contributed by atoms with Crippen molar-refractivity contribution >= 4 is 23.5 Å². The van der Waals surface area contributed by atoms with Gasteiger partial charge in [-0.15, -0.1) is 0 Å². The van der Waals surface area contributed by atoms with Gasteiger partial charge in [-0.1, -0.05) is 26.0 Å². The number of esters is 1. The molecule has 2 atom stereocenters. The second-order valence-corrected chi connectivity index (χ2v) is 4.67. The molecule has 0 saturated carbocycles. The van der Waals surface area contributed by atoms with Gasteiger partial charge in [0, 0.05) is 5.92 Å². The average Bonchev–Trinajstić information content (AvgIpc) is 2.46. The summed E-state index contributed by atoms with van der Waals surface area (Å²) >= 11 is 0. The molecule has 0 fully saturated rings. The molecule has 6 nitrogen and oxygen atoms in total. The van der Waals surface area contributed by atoms with E-state index < -0.39 is 29.7 Å². The molecule has 0 bridgehead atoms. The molecule has 0 saturated heterocycles. The Morgan fingerprint density at radius 3 is 2.38 bits per heavy atom. The zero-order valence-corrected chi connectivity index (χ0v) is 12.3. The van der Waals surface area contributed by atoms with E-state index in [1.807, 2.05) is 0 Å². The molecule has 1 aromatic carbocycles. The van der Waals surface area contributed by atoms with Crippen LogP contribution >= 0.6 is 0 Å². The first-order valence-corrected chi connectivity index (χ1v) is 6.68. The minimum atomic E-state index is -1.05. The van der Waals surface area contributed by atoms with Crippen molar-refractivity contribution in [3.8, 4) is 0 Å². The number of hydrogen-bond acceptors (Lipinski definition) is 4. The van der Waals surface area contributed by atoms with Crippen molar-refractivity contribution in [1.82, 2.24) is 0 Å². The molecule has 2 unspecified atom stereocenters. The maximum atomic E-state index is 12.1. The largest absolute Gasteiger partial charge is 0.481 e.